The van der Waals surface area contributed by atoms with E-state index in [4.69, 9.17) is 9.72 Å². The minimum absolute atomic E-state index is 0.348. The van der Waals surface area contributed by atoms with Crippen molar-refractivity contribution in [2.75, 3.05) is 0 Å². The van der Waals surface area contributed by atoms with Crippen LogP contribution in [0.4, 0.5) is 0 Å². The van der Waals surface area contributed by atoms with Gasteiger partial charge < -0.3 is 4.74 Å². The van der Waals surface area contributed by atoms with Gasteiger partial charge in [-0.1, -0.05) is 66.7 Å². The Morgan fingerprint density at radius 2 is 1.72 bits per heavy atom. The van der Waals surface area contributed by atoms with Crippen LogP contribution in [0.1, 0.15) is 29.3 Å². The Hall–Kier alpha value is -3.72. The van der Waals surface area contributed by atoms with Crippen molar-refractivity contribution in [1.82, 2.24) is 4.98 Å². The highest BCUT2D eigenvalue weighted by molar-refractivity contribution is 5.88. The quantitative estimate of drug-likeness (QED) is 0.290. The molecule has 5 rings (SSSR count). The van der Waals surface area contributed by atoms with Gasteiger partial charge in [0, 0.05) is 12.3 Å². The van der Waals surface area contributed by atoms with E-state index in [-0.39, 0.29) is 5.97 Å². The van der Waals surface area contributed by atoms with Gasteiger partial charge in [-0.2, -0.15) is 0 Å². The second-order valence-electron chi connectivity index (χ2n) is 7.20. The number of rotatable bonds is 3. The minimum Gasteiger partial charge on any atom is -0.424 e. The summed E-state index contributed by atoms with van der Waals surface area (Å²) in [5, 5.41) is 0.942. The zero-order chi connectivity index (χ0) is 19.8. The number of para-hydroxylation sites is 1. The lowest BCUT2D eigenvalue weighted by atomic mass is 10.0. The van der Waals surface area contributed by atoms with Crippen LogP contribution in [0.5, 0.6) is 5.75 Å². The summed E-state index contributed by atoms with van der Waals surface area (Å²) in [4.78, 5) is 16.1. The molecule has 0 saturated carbocycles. The number of benzene rings is 3. The molecule has 0 N–H and O–H groups in total. The Labute approximate surface area is 169 Å². The van der Waals surface area contributed by atoms with Gasteiger partial charge in [0.2, 0.25) is 0 Å². The number of carbonyl (C=O) groups excluding carboxylic acids is 1. The van der Waals surface area contributed by atoms with Crippen molar-refractivity contribution in [1.29, 1.82) is 0 Å². The summed E-state index contributed by atoms with van der Waals surface area (Å²) >= 11 is 0. The van der Waals surface area contributed by atoms with Crippen molar-refractivity contribution in [2.45, 2.75) is 13.3 Å². The third kappa shape index (κ3) is 3.21. The molecule has 140 valence electrons. The lowest BCUT2D eigenvalue weighted by Gasteiger charge is -2.06. The third-order valence-corrected chi connectivity index (χ3v) is 5.28. The molecule has 0 saturated heterocycles. The minimum atomic E-state index is -0.348. The molecule has 3 nitrogen and oxygen atoms in total. The first-order valence-electron chi connectivity index (χ1n) is 9.65. The fourth-order valence-electron chi connectivity index (χ4n) is 3.98. The van der Waals surface area contributed by atoms with E-state index in [2.05, 4.69) is 48.5 Å². The lowest BCUT2D eigenvalue weighted by Crippen LogP contribution is -2.02. The van der Waals surface area contributed by atoms with E-state index in [1.807, 2.05) is 30.3 Å². The molecule has 0 aliphatic heterocycles. The maximum atomic E-state index is 11.4. The van der Waals surface area contributed by atoms with Crippen LogP contribution in [0.3, 0.4) is 0 Å². The van der Waals surface area contributed by atoms with Gasteiger partial charge in [0.25, 0.3) is 0 Å². The normalized spacial score (nSPS) is 12.2. The second kappa shape index (κ2) is 7.02. The third-order valence-electron chi connectivity index (χ3n) is 5.28. The summed E-state index contributed by atoms with van der Waals surface area (Å²) < 4.78 is 5.32. The van der Waals surface area contributed by atoms with Gasteiger partial charge >= 0.3 is 5.97 Å². The molecule has 0 bridgehead atoms. The number of carbonyl (C=O) groups is 1. The van der Waals surface area contributed by atoms with Crippen LogP contribution in [0.15, 0.2) is 72.8 Å². The van der Waals surface area contributed by atoms with Crippen LogP contribution >= 0.6 is 0 Å². The number of pyridine rings is 1. The zero-order valence-corrected chi connectivity index (χ0v) is 16.1. The molecule has 0 atom stereocenters. The Morgan fingerprint density at radius 3 is 2.62 bits per heavy atom. The van der Waals surface area contributed by atoms with Crippen LogP contribution in [0.25, 0.3) is 34.2 Å². The van der Waals surface area contributed by atoms with E-state index >= 15 is 0 Å². The van der Waals surface area contributed by atoms with Crippen LogP contribution < -0.4 is 4.74 Å². The Kier molecular flexibility index (Phi) is 4.21. The van der Waals surface area contributed by atoms with E-state index in [1.165, 1.54) is 34.7 Å². The fraction of sp³-hybridized carbons (Fsp3) is 0.0769. The van der Waals surface area contributed by atoms with Gasteiger partial charge in [-0.25, -0.2) is 4.98 Å². The largest absolute Gasteiger partial charge is 0.424 e. The van der Waals surface area contributed by atoms with Gasteiger partial charge in [-0.3, -0.25) is 4.79 Å². The molecule has 0 spiro atoms. The molecule has 4 aromatic rings. The molecule has 1 aromatic heterocycles. The molecule has 0 unspecified atom stereocenters. The summed E-state index contributed by atoms with van der Waals surface area (Å²) in [6, 6.07) is 24.6. The highest BCUT2D eigenvalue weighted by atomic mass is 16.5. The number of aromatic nitrogens is 1. The van der Waals surface area contributed by atoms with E-state index < -0.39 is 0 Å². The zero-order valence-electron chi connectivity index (χ0n) is 16.1. The molecule has 0 fully saturated rings. The highest BCUT2D eigenvalue weighted by Crippen LogP contribution is 2.38. The van der Waals surface area contributed by atoms with Crippen LogP contribution in [0, 0.1) is 0 Å². The van der Waals surface area contributed by atoms with E-state index in [9.17, 15) is 4.79 Å². The number of nitrogens with zero attached hydrogens (tertiary/aromatic N) is 1. The van der Waals surface area contributed by atoms with E-state index in [0.29, 0.717) is 11.3 Å². The predicted molar refractivity (Wildman–Crippen MR) is 117 cm³/mol. The van der Waals surface area contributed by atoms with Gasteiger partial charge in [0.05, 0.1) is 5.69 Å². The monoisotopic (exact) mass is 377 g/mol. The van der Waals surface area contributed by atoms with Gasteiger partial charge in [0.1, 0.15) is 5.52 Å². The molecule has 0 amide bonds. The van der Waals surface area contributed by atoms with Crippen LogP contribution in [-0.2, 0) is 11.2 Å². The second-order valence-corrected chi connectivity index (χ2v) is 7.20. The number of hydrogen-bond acceptors (Lipinski definition) is 3. The van der Waals surface area contributed by atoms with Crippen LogP contribution in [0.2, 0.25) is 0 Å². The molecule has 0 radical (unpaired) electrons. The summed E-state index contributed by atoms with van der Waals surface area (Å²) in [6.07, 6.45) is 5.09. The lowest BCUT2D eigenvalue weighted by molar-refractivity contribution is -0.131. The fourth-order valence-corrected chi connectivity index (χ4v) is 3.98. The molecule has 3 aromatic carbocycles. The maximum Gasteiger partial charge on any atom is 0.308 e. The van der Waals surface area contributed by atoms with Crippen molar-refractivity contribution in [3.8, 4) is 16.9 Å². The summed E-state index contributed by atoms with van der Waals surface area (Å²) in [5.74, 6) is 0.140. The van der Waals surface area contributed by atoms with Crippen molar-refractivity contribution in [3.63, 3.8) is 0 Å². The maximum absolute atomic E-state index is 11.4. The predicted octanol–water partition coefficient (Wildman–Crippen LogP) is 5.90. The molecule has 29 heavy (non-hydrogen) atoms. The molecule has 3 heteroatoms. The smallest absolute Gasteiger partial charge is 0.308 e. The van der Waals surface area contributed by atoms with Gasteiger partial charge in [-0.15, -0.1) is 0 Å². The molecular weight excluding hydrogens is 358 g/mol. The Bertz CT molecular complexity index is 1290. The summed E-state index contributed by atoms with van der Waals surface area (Å²) in [6.45, 7) is 1.40. The van der Waals surface area contributed by atoms with Crippen molar-refractivity contribution in [2.24, 2.45) is 0 Å². The van der Waals surface area contributed by atoms with Crippen LogP contribution in [-0.4, -0.2) is 11.0 Å². The first-order chi connectivity index (χ1) is 14.2. The Balaban J connectivity index is 1.52. The molecule has 1 aliphatic rings. The topological polar surface area (TPSA) is 39.2 Å². The van der Waals surface area contributed by atoms with Crippen molar-refractivity contribution in [3.05, 3.63) is 95.2 Å². The SMILES string of the molecule is CC(=O)Oc1cccc2ccc(C=Cc3cccc4c3Cc3ccccc3-4)nc12. The Morgan fingerprint density at radius 1 is 0.897 bits per heavy atom. The van der Waals surface area contributed by atoms with E-state index in [0.717, 1.165) is 17.5 Å². The average molecular weight is 377 g/mol. The first-order valence-corrected chi connectivity index (χ1v) is 9.65. The molecule has 1 aliphatic carbocycles. The number of ether oxygens (including phenoxy) is 1. The van der Waals surface area contributed by atoms with Gasteiger partial charge in [0.15, 0.2) is 5.75 Å². The highest BCUT2D eigenvalue weighted by Gasteiger charge is 2.19. The number of hydrogen-bond donors (Lipinski definition) is 0. The molecule has 1 heterocycles. The van der Waals surface area contributed by atoms with E-state index in [1.54, 1.807) is 6.07 Å². The number of esters is 1. The average Bonchev–Trinajstić information content (AvgIpc) is 3.11. The standard InChI is InChI=1S/C26H19NO2/c1-17(28)29-25-11-5-8-19-13-15-21(27-26(19)25)14-12-18-7-4-10-23-22-9-3-2-6-20(22)16-24(18)23/h2-15H,16H2,1H3. The summed E-state index contributed by atoms with van der Waals surface area (Å²) in [7, 11) is 0. The van der Waals surface area contributed by atoms with Crippen molar-refractivity contribution >= 4 is 29.0 Å². The molecular formula is C26H19NO2. The van der Waals surface area contributed by atoms with Gasteiger partial charge in [-0.05, 0) is 52.4 Å². The summed E-state index contributed by atoms with van der Waals surface area (Å²) in [5.41, 5.74) is 8.08. The first kappa shape index (κ1) is 17.4. The van der Waals surface area contributed by atoms with Crippen molar-refractivity contribution < 1.29 is 9.53 Å². The number of fused-ring (bicyclic) bond motifs is 4.